The zero-order chi connectivity index (χ0) is 21.6. The topological polar surface area (TPSA) is 66.0 Å². The second kappa shape index (κ2) is 9.81. The molecule has 1 aromatic carbocycles. The molecule has 7 nitrogen and oxygen atoms in total. The number of pyridine rings is 1. The van der Waals surface area contributed by atoms with Gasteiger partial charge in [-0.2, -0.15) is 0 Å². The average Bonchev–Trinajstić information content (AvgIpc) is 2.85. The van der Waals surface area contributed by atoms with Gasteiger partial charge in [0.1, 0.15) is 0 Å². The molecule has 0 bridgehead atoms. The minimum Gasteiger partial charge on any atom is -0.466 e. The molecule has 2 fully saturated rings. The molecular weight excluding hydrogens is 392 g/mol. The maximum absolute atomic E-state index is 12.9. The highest BCUT2D eigenvalue weighted by Crippen LogP contribution is 2.25. The molecule has 4 rings (SSSR count). The summed E-state index contributed by atoms with van der Waals surface area (Å²) in [5, 5.41) is 0. The number of hydrogen-bond donors (Lipinski definition) is 0. The molecule has 2 aromatic rings. The molecule has 0 atom stereocenters. The van der Waals surface area contributed by atoms with E-state index in [4.69, 9.17) is 4.74 Å². The van der Waals surface area contributed by atoms with E-state index in [1.807, 2.05) is 48.2 Å². The Balaban J connectivity index is 1.29. The second-order valence-corrected chi connectivity index (χ2v) is 8.04. The van der Waals surface area contributed by atoms with E-state index in [1.165, 1.54) is 0 Å². The SMILES string of the molecule is CCOC(=O)C1CCN(c2ccc(C(=O)N3CCN(c4ccncc4)CC3)cc2)CC1. The van der Waals surface area contributed by atoms with Crippen molar-refractivity contribution in [2.45, 2.75) is 19.8 Å². The van der Waals surface area contributed by atoms with Crippen molar-refractivity contribution < 1.29 is 14.3 Å². The van der Waals surface area contributed by atoms with Crippen molar-refractivity contribution >= 4 is 23.3 Å². The van der Waals surface area contributed by atoms with E-state index < -0.39 is 0 Å². The molecule has 2 aliphatic heterocycles. The van der Waals surface area contributed by atoms with Gasteiger partial charge in [0.2, 0.25) is 0 Å². The third-order valence-corrected chi connectivity index (χ3v) is 6.19. The fourth-order valence-corrected chi connectivity index (χ4v) is 4.35. The van der Waals surface area contributed by atoms with Gasteiger partial charge in [0.25, 0.3) is 5.91 Å². The number of piperidine rings is 1. The molecule has 0 saturated carbocycles. The summed E-state index contributed by atoms with van der Waals surface area (Å²) in [6.45, 7) is 7.01. The number of benzene rings is 1. The van der Waals surface area contributed by atoms with Crippen LogP contribution in [-0.4, -0.2) is 67.6 Å². The van der Waals surface area contributed by atoms with Gasteiger partial charge in [-0.15, -0.1) is 0 Å². The van der Waals surface area contributed by atoms with E-state index >= 15 is 0 Å². The minimum absolute atomic E-state index is 0.00265. The lowest BCUT2D eigenvalue weighted by atomic mass is 9.96. The molecule has 2 saturated heterocycles. The number of anilines is 2. The van der Waals surface area contributed by atoms with E-state index in [0.29, 0.717) is 19.7 Å². The van der Waals surface area contributed by atoms with Crippen LogP contribution in [0.15, 0.2) is 48.8 Å². The van der Waals surface area contributed by atoms with Crippen LogP contribution < -0.4 is 9.80 Å². The van der Waals surface area contributed by atoms with Crippen LogP contribution in [0.25, 0.3) is 0 Å². The van der Waals surface area contributed by atoms with Crippen molar-refractivity contribution in [1.82, 2.24) is 9.88 Å². The smallest absolute Gasteiger partial charge is 0.309 e. The zero-order valence-electron chi connectivity index (χ0n) is 18.1. The molecule has 7 heteroatoms. The van der Waals surface area contributed by atoms with Crippen molar-refractivity contribution in [2.24, 2.45) is 5.92 Å². The summed E-state index contributed by atoms with van der Waals surface area (Å²) in [4.78, 5) is 35.4. The molecule has 31 heavy (non-hydrogen) atoms. The molecule has 0 spiro atoms. The van der Waals surface area contributed by atoms with Crippen LogP contribution in [0.3, 0.4) is 0 Å². The molecule has 0 unspecified atom stereocenters. The molecule has 3 heterocycles. The van der Waals surface area contributed by atoms with E-state index in [-0.39, 0.29) is 17.8 Å². The number of nitrogens with zero attached hydrogens (tertiary/aromatic N) is 4. The minimum atomic E-state index is -0.0767. The second-order valence-electron chi connectivity index (χ2n) is 8.04. The third kappa shape index (κ3) is 4.98. The quantitative estimate of drug-likeness (QED) is 0.691. The van der Waals surface area contributed by atoms with Gasteiger partial charge in [0.15, 0.2) is 0 Å². The number of piperazine rings is 1. The highest BCUT2D eigenvalue weighted by molar-refractivity contribution is 5.94. The Labute approximate surface area is 183 Å². The molecular formula is C24H30N4O3. The van der Waals surface area contributed by atoms with Gasteiger partial charge in [0, 0.05) is 68.6 Å². The molecule has 0 aliphatic carbocycles. The van der Waals surface area contributed by atoms with E-state index in [1.54, 1.807) is 12.4 Å². The van der Waals surface area contributed by atoms with Gasteiger partial charge < -0.3 is 19.4 Å². The van der Waals surface area contributed by atoms with Crippen molar-refractivity contribution in [2.75, 3.05) is 55.7 Å². The Morgan fingerprint density at radius 1 is 0.871 bits per heavy atom. The monoisotopic (exact) mass is 422 g/mol. The van der Waals surface area contributed by atoms with Crippen LogP contribution in [0, 0.1) is 5.92 Å². The Morgan fingerprint density at radius 3 is 2.06 bits per heavy atom. The van der Waals surface area contributed by atoms with Crippen molar-refractivity contribution in [3.05, 3.63) is 54.4 Å². The maximum Gasteiger partial charge on any atom is 0.309 e. The number of amides is 1. The van der Waals surface area contributed by atoms with Crippen molar-refractivity contribution in [1.29, 1.82) is 0 Å². The summed E-state index contributed by atoms with van der Waals surface area (Å²) >= 11 is 0. The first-order chi connectivity index (χ1) is 15.2. The van der Waals surface area contributed by atoms with Crippen LogP contribution in [0.4, 0.5) is 11.4 Å². The van der Waals surface area contributed by atoms with Crippen LogP contribution >= 0.6 is 0 Å². The van der Waals surface area contributed by atoms with Gasteiger partial charge in [-0.3, -0.25) is 14.6 Å². The number of aromatic nitrogens is 1. The Kier molecular flexibility index (Phi) is 6.70. The summed E-state index contributed by atoms with van der Waals surface area (Å²) < 4.78 is 5.15. The van der Waals surface area contributed by atoms with E-state index in [9.17, 15) is 9.59 Å². The summed E-state index contributed by atoms with van der Waals surface area (Å²) in [5.41, 5.74) is 2.97. The molecule has 164 valence electrons. The number of rotatable bonds is 5. The van der Waals surface area contributed by atoms with Crippen molar-refractivity contribution in [3.63, 3.8) is 0 Å². The first-order valence-electron chi connectivity index (χ1n) is 11.1. The Bertz CT molecular complexity index is 871. The summed E-state index contributed by atoms with van der Waals surface area (Å²) in [6, 6.07) is 11.9. The molecule has 0 N–H and O–H groups in total. The Hall–Kier alpha value is -3.09. The summed E-state index contributed by atoms with van der Waals surface area (Å²) in [7, 11) is 0. The predicted molar refractivity (Wildman–Crippen MR) is 120 cm³/mol. The van der Waals surface area contributed by atoms with Crippen LogP contribution in [-0.2, 0) is 9.53 Å². The summed E-state index contributed by atoms with van der Waals surface area (Å²) in [6.07, 6.45) is 5.21. The fraction of sp³-hybridized carbons (Fsp3) is 0.458. The zero-order valence-corrected chi connectivity index (χ0v) is 18.1. The van der Waals surface area contributed by atoms with Crippen LogP contribution in [0.5, 0.6) is 0 Å². The highest BCUT2D eigenvalue weighted by atomic mass is 16.5. The number of carbonyl (C=O) groups excluding carboxylic acids is 2. The lowest BCUT2D eigenvalue weighted by Gasteiger charge is -2.36. The number of carbonyl (C=O) groups is 2. The molecule has 1 amide bonds. The molecule has 2 aliphatic rings. The normalized spacial score (nSPS) is 17.5. The van der Waals surface area contributed by atoms with E-state index in [2.05, 4.69) is 14.8 Å². The molecule has 1 aromatic heterocycles. The molecule has 0 radical (unpaired) electrons. The van der Waals surface area contributed by atoms with Crippen LogP contribution in [0.2, 0.25) is 0 Å². The largest absolute Gasteiger partial charge is 0.466 e. The lowest BCUT2D eigenvalue weighted by Crippen LogP contribution is -2.48. The predicted octanol–water partition coefficient (Wildman–Crippen LogP) is 2.82. The number of ether oxygens (including phenoxy) is 1. The van der Waals surface area contributed by atoms with Crippen LogP contribution in [0.1, 0.15) is 30.1 Å². The van der Waals surface area contributed by atoms with Gasteiger partial charge >= 0.3 is 5.97 Å². The van der Waals surface area contributed by atoms with Gasteiger partial charge in [0.05, 0.1) is 12.5 Å². The first kappa shape index (κ1) is 21.2. The Morgan fingerprint density at radius 2 is 1.45 bits per heavy atom. The summed E-state index contributed by atoms with van der Waals surface area (Å²) in [5.74, 6) is 0.0111. The fourth-order valence-electron chi connectivity index (χ4n) is 4.35. The standard InChI is InChI=1S/C24H30N4O3/c1-2-31-24(30)20-9-13-26(14-10-20)21-5-3-19(4-6-21)23(29)28-17-15-27(16-18-28)22-7-11-25-12-8-22/h3-8,11-12,20H,2,9-10,13-18H2,1H3. The first-order valence-corrected chi connectivity index (χ1v) is 11.1. The maximum atomic E-state index is 12.9. The third-order valence-electron chi connectivity index (χ3n) is 6.19. The van der Waals surface area contributed by atoms with Gasteiger partial charge in [-0.05, 0) is 56.2 Å². The number of hydrogen-bond acceptors (Lipinski definition) is 6. The average molecular weight is 423 g/mol. The van der Waals surface area contributed by atoms with Gasteiger partial charge in [-0.1, -0.05) is 0 Å². The van der Waals surface area contributed by atoms with Crippen molar-refractivity contribution in [3.8, 4) is 0 Å². The highest BCUT2D eigenvalue weighted by Gasteiger charge is 2.26. The van der Waals surface area contributed by atoms with Gasteiger partial charge in [-0.25, -0.2) is 0 Å². The van der Waals surface area contributed by atoms with E-state index in [0.717, 1.165) is 56.0 Å². The lowest BCUT2D eigenvalue weighted by molar-refractivity contribution is -0.148. The number of esters is 1.